The minimum atomic E-state index is -4.90. The third-order valence-corrected chi connectivity index (χ3v) is 5.93. The smallest absolute Gasteiger partial charge is 0.406 e. The van der Waals surface area contributed by atoms with E-state index in [2.05, 4.69) is 15.0 Å². The van der Waals surface area contributed by atoms with Crippen LogP contribution in [-0.4, -0.2) is 42.9 Å². The zero-order valence-electron chi connectivity index (χ0n) is 14.7. The van der Waals surface area contributed by atoms with Crippen molar-refractivity contribution in [2.24, 2.45) is 0 Å². The molecule has 1 saturated carbocycles. The van der Waals surface area contributed by atoms with Gasteiger partial charge < -0.3 is 20.9 Å². The normalized spacial score (nSPS) is 15.6. The summed E-state index contributed by atoms with van der Waals surface area (Å²) in [4.78, 5) is 15.2. The number of pyridine rings is 1. The maximum atomic E-state index is 12.6. The second-order valence-electron chi connectivity index (χ2n) is 6.54. The molecule has 3 rings (SSSR count). The van der Waals surface area contributed by atoms with Gasteiger partial charge in [0.15, 0.2) is 5.69 Å². The topological polar surface area (TPSA) is 132 Å². The minimum absolute atomic E-state index is 0.0271. The van der Waals surface area contributed by atoms with Crippen molar-refractivity contribution in [1.82, 2.24) is 10.3 Å². The zero-order valence-corrected chi connectivity index (χ0v) is 15.5. The molecular weight excluding hydrogens is 415 g/mol. The van der Waals surface area contributed by atoms with Crippen LogP contribution in [0.2, 0.25) is 0 Å². The van der Waals surface area contributed by atoms with Crippen LogP contribution in [0.1, 0.15) is 23.3 Å². The highest BCUT2D eigenvalue weighted by atomic mass is 32.2. The molecule has 1 aliphatic rings. The maximum Gasteiger partial charge on any atom is 0.573 e. The molecule has 156 valence electrons. The standard InChI is InChI=1S/C17H16F3N3O5S/c18-17(19,20)28-10-1-3-11(4-2-10)29(26,27)12-7-13(21)14(22-8-12)15(24)23-9-16(25)5-6-16/h1-4,7-8,25H,5-6,9,21H2,(H,23,24). The average molecular weight is 431 g/mol. The molecule has 0 aliphatic heterocycles. The van der Waals surface area contributed by atoms with Crippen molar-refractivity contribution in [3.8, 4) is 5.75 Å². The van der Waals surface area contributed by atoms with Crippen molar-refractivity contribution in [3.05, 3.63) is 42.2 Å². The van der Waals surface area contributed by atoms with E-state index in [9.17, 15) is 31.5 Å². The van der Waals surface area contributed by atoms with Crippen molar-refractivity contribution < 1.29 is 36.2 Å². The third-order valence-electron chi connectivity index (χ3n) is 4.19. The molecule has 4 N–H and O–H groups in total. The van der Waals surface area contributed by atoms with E-state index in [4.69, 9.17) is 5.73 Å². The van der Waals surface area contributed by atoms with E-state index < -0.39 is 33.5 Å². The van der Waals surface area contributed by atoms with Crippen LogP contribution in [0.15, 0.2) is 46.3 Å². The number of amides is 1. The second-order valence-corrected chi connectivity index (χ2v) is 8.49. The van der Waals surface area contributed by atoms with Gasteiger partial charge in [-0.2, -0.15) is 0 Å². The van der Waals surface area contributed by atoms with E-state index in [1.807, 2.05) is 0 Å². The molecule has 0 unspecified atom stereocenters. The highest BCUT2D eigenvalue weighted by Crippen LogP contribution is 2.34. The molecule has 0 saturated heterocycles. The summed E-state index contributed by atoms with van der Waals surface area (Å²) in [6.07, 6.45) is -2.84. The van der Waals surface area contributed by atoms with Gasteiger partial charge in [0.25, 0.3) is 5.91 Å². The fourth-order valence-corrected chi connectivity index (χ4v) is 3.64. The van der Waals surface area contributed by atoms with Gasteiger partial charge in [-0.15, -0.1) is 13.2 Å². The lowest BCUT2D eigenvalue weighted by atomic mass is 10.2. The lowest BCUT2D eigenvalue weighted by Crippen LogP contribution is -2.34. The van der Waals surface area contributed by atoms with Crippen LogP contribution in [0.25, 0.3) is 0 Å². The van der Waals surface area contributed by atoms with Crippen LogP contribution in [-0.2, 0) is 9.84 Å². The van der Waals surface area contributed by atoms with E-state index in [-0.39, 0.29) is 27.7 Å². The van der Waals surface area contributed by atoms with Crippen molar-refractivity contribution in [2.45, 2.75) is 34.6 Å². The van der Waals surface area contributed by atoms with E-state index in [0.29, 0.717) is 12.8 Å². The lowest BCUT2D eigenvalue weighted by molar-refractivity contribution is -0.274. The molecule has 2 aromatic rings. The van der Waals surface area contributed by atoms with Crippen LogP contribution in [0.4, 0.5) is 18.9 Å². The summed E-state index contributed by atoms with van der Waals surface area (Å²) >= 11 is 0. The first-order valence-electron chi connectivity index (χ1n) is 8.27. The first-order chi connectivity index (χ1) is 13.4. The summed E-state index contributed by atoms with van der Waals surface area (Å²) in [6, 6.07) is 4.65. The number of ether oxygens (including phenoxy) is 1. The molecule has 12 heteroatoms. The SMILES string of the molecule is Nc1cc(S(=O)(=O)c2ccc(OC(F)(F)F)cc2)cnc1C(=O)NCC1(O)CC1. The number of aliphatic hydroxyl groups is 1. The van der Waals surface area contributed by atoms with Crippen molar-refractivity contribution in [1.29, 1.82) is 0 Å². The summed E-state index contributed by atoms with van der Waals surface area (Å²) in [7, 11) is -4.14. The van der Waals surface area contributed by atoms with Crippen LogP contribution in [0.5, 0.6) is 5.75 Å². The zero-order chi connectivity index (χ0) is 21.4. The number of carbonyl (C=O) groups is 1. The number of hydrogen-bond donors (Lipinski definition) is 3. The number of halogens is 3. The Morgan fingerprint density at radius 1 is 1.24 bits per heavy atom. The Labute approximate surface area is 163 Å². The average Bonchev–Trinajstić information content (AvgIpc) is 3.36. The number of nitrogens with one attached hydrogen (secondary N) is 1. The quantitative estimate of drug-likeness (QED) is 0.634. The Balaban J connectivity index is 1.78. The lowest BCUT2D eigenvalue weighted by Gasteiger charge is -2.12. The van der Waals surface area contributed by atoms with Gasteiger partial charge in [0.05, 0.1) is 21.1 Å². The first kappa shape index (κ1) is 20.9. The molecule has 1 fully saturated rings. The van der Waals surface area contributed by atoms with Crippen molar-refractivity contribution >= 4 is 21.4 Å². The highest BCUT2D eigenvalue weighted by Gasteiger charge is 2.40. The summed E-state index contributed by atoms with van der Waals surface area (Å²) in [5, 5.41) is 12.2. The number of hydrogen-bond acceptors (Lipinski definition) is 7. The number of aromatic nitrogens is 1. The van der Waals surface area contributed by atoms with Crippen LogP contribution in [0, 0.1) is 0 Å². The molecule has 0 spiro atoms. The molecule has 0 radical (unpaired) electrons. The van der Waals surface area contributed by atoms with Crippen molar-refractivity contribution in [2.75, 3.05) is 12.3 Å². The molecule has 8 nitrogen and oxygen atoms in total. The van der Waals surface area contributed by atoms with Gasteiger partial charge in [-0.05, 0) is 43.2 Å². The molecule has 1 aromatic heterocycles. The predicted molar refractivity (Wildman–Crippen MR) is 93.7 cm³/mol. The summed E-state index contributed by atoms with van der Waals surface area (Å²) in [6.45, 7) is 0.0271. The van der Waals surface area contributed by atoms with Gasteiger partial charge in [0.1, 0.15) is 5.75 Å². The van der Waals surface area contributed by atoms with Gasteiger partial charge in [-0.25, -0.2) is 13.4 Å². The maximum absolute atomic E-state index is 12.6. The van der Waals surface area contributed by atoms with Crippen LogP contribution < -0.4 is 15.8 Å². The Morgan fingerprint density at radius 2 is 1.86 bits per heavy atom. The molecule has 1 aromatic carbocycles. The first-order valence-corrected chi connectivity index (χ1v) is 9.75. The van der Waals surface area contributed by atoms with Gasteiger partial charge in [0.2, 0.25) is 9.84 Å². The monoisotopic (exact) mass is 431 g/mol. The Hall–Kier alpha value is -2.86. The third kappa shape index (κ3) is 4.95. The molecule has 0 atom stereocenters. The fourth-order valence-electron chi connectivity index (χ4n) is 2.40. The largest absolute Gasteiger partial charge is 0.573 e. The second kappa shape index (κ2) is 7.19. The summed E-state index contributed by atoms with van der Waals surface area (Å²) in [5.74, 6) is -1.24. The number of rotatable bonds is 6. The highest BCUT2D eigenvalue weighted by molar-refractivity contribution is 7.91. The van der Waals surface area contributed by atoms with Crippen molar-refractivity contribution in [3.63, 3.8) is 0 Å². The number of anilines is 1. The number of carbonyl (C=O) groups excluding carboxylic acids is 1. The van der Waals surface area contributed by atoms with Gasteiger partial charge in [-0.3, -0.25) is 4.79 Å². The molecule has 1 aliphatic carbocycles. The van der Waals surface area contributed by atoms with Crippen LogP contribution >= 0.6 is 0 Å². The summed E-state index contributed by atoms with van der Waals surface area (Å²) in [5.41, 5.74) is 4.42. The van der Waals surface area contributed by atoms with E-state index in [0.717, 1.165) is 36.5 Å². The fraction of sp³-hybridized carbons (Fsp3) is 0.294. The number of nitrogens with zero attached hydrogens (tertiary/aromatic N) is 1. The van der Waals surface area contributed by atoms with E-state index >= 15 is 0 Å². The summed E-state index contributed by atoms with van der Waals surface area (Å²) < 4.78 is 65.6. The molecular formula is C17H16F3N3O5S. The van der Waals surface area contributed by atoms with Gasteiger partial charge >= 0.3 is 6.36 Å². The Bertz CT molecular complexity index is 1040. The molecule has 0 bridgehead atoms. The Morgan fingerprint density at radius 3 is 2.38 bits per heavy atom. The van der Waals surface area contributed by atoms with E-state index in [1.54, 1.807) is 0 Å². The predicted octanol–water partition coefficient (Wildman–Crippen LogP) is 1.65. The molecule has 1 heterocycles. The van der Waals surface area contributed by atoms with Crippen LogP contribution in [0.3, 0.4) is 0 Å². The number of benzene rings is 1. The number of nitrogen functional groups attached to an aromatic ring is 1. The molecule has 29 heavy (non-hydrogen) atoms. The van der Waals surface area contributed by atoms with E-state index in [1.165, 1.54) is 0 Å². The number of sulfone groups is 1. The van der Waals surface area contributed by atoms with Gasteiger partial charge in [0, 0.05) is 12.7 Å². The number of nitrogens with two attached hydrogens (primary N) is 1. The Kier molecular flexibility index (Phi) is 5.17. The van der Waals surface area contributed by atoms with Gasteiger partial charge in [-0.1, -0.05) is 0 Å². The number of alkyl halides is 3. The minimum Gasteiger partial charge on any atom is -0.406 e. The molecule has 1 amide bonds.